The number of piperidine rings is 1. The van der Waals surface area contributed by atoms with Crippen molar-refractivity contribution < 1.29 is 0 Å². The van der Waals surface area contributed by atoms with E-state index in [-0.39, 0.29) is 0 Å². The van der Waals surface area contributed by atoms with Crippen molar-refractivity contribution in [1.82, 2.24) is 9.88 Å². The van der Waals surface area contributed by atoms with Gasteiger partial charge in [0, 0.05) is 35.1 Å². The first-order valence-electron chi connectivity index (χ1n) is 9.25. The topological polar surface area (TPSA) is 19.0 Å². The summed E-state index contributed by atoms with van der Waals surface area (Å²) < 4.78 is 0. The van der Waals surface area contributed by atoms with Crippen LogP contribution in [0.3, 0.4) is 0 Å². The van der Waals surface area contributed by atoms with Crippen LogP contribution in [-0.2, 0) is 6.42 Å². The predicted octanol–water partition coefficient (Wildman–Crippen LogP) is 4.91. The second-order valence-corrected chi connectivity index (χ2v) is 8.33. The molecule has 0 bridgehead atoms. The lowest BCUT2D eigenvalue weighted by molar-refractivity contribution is 0.0926. The Balaban J connectivity index is 1.81. The van der Waals surface area contributed by atoms with Crippen LogP contribution in [0.4, 0.5) is 0 Å². The van der Waals surface area contributed by atoms with E-state index in [9.17, 15) is 0 Å². The van der Waals surface area contributed by atoms with Crippen LogP contribution in [0.25, 0.3) is 17.0 Å². The Morgan fingerprint density at radius 3 is 3.04 bits per heavy atom. The molecule has 2 aromatic rings. The first-order valence-corrected chi connectivity index (χ1v) is 10.6. The minimum atomic E-state index is 0.663. The first-order chi connectivity index (χ1) is 11.8. The second kappa shape index (κ2) is 6.61. The summed E-state index contributed by atoms with van der Waals surface area (Å²) in [5.41, 5.74) is 5.61. The number of rotatable bonds is 5. The molecular weight excluding hydrogens is 312 g/mol. The largest absolute Gasteiger partial charge is 0.355 e. The summed E-state index contributed by atoms with van der Waals surface area (Å²) >= 11 is 2.01. The van der Waals surface area contributed by atoms with Crippen molar-refractivity contribution in [2.75, 3.05) is 25.1 Å². The number of thioether (sulfide) groups is 1. The molecule has 24 heavy (non-hydrogen) atoms. The van der Waals surface area contributed by atoms with Gasteiger partial charge in [-0.15, -0.1) is 0 Å². The van der Waals surface area contributed by atoms with Crippen LogP contribution in [0.5, 0.6) is 0 Å². The summed E-state index contributed by atoms with van der Waals surface area (Å²) in [7, 11) is 0. The van der Waals surface area contributed by atoms with Gasteiger partial charge in [-0.25, -0.2) is 0 Å². The minimum absolute atomic E-state index is 0.663. The average molecular weight is 341 g/mol. The van der Waals surface area contributed by atoms with Gasteiger partial charge in [0.1, 0.15) is 0 Å². The number of H-pyrrole nitrogens is 1. The molecule has 2 nitrogen and oxygen atoms in total. The van der Waals surface area contributed by atoms with E-state index in [2.05, 4.69) is 47.8 Å². The SMILES string of the molecule is C=Cc1[nH]c2cccc3c2c1C[C@@H]1[C@@H]3C[C@@H](CSC)CN1CCC. The van der Waals surface area contributed by atoms with Crippen molar-refractivity contribution in [2.24, 2.45) is 5.92 Å². The third-order valence-corrected chi connectivity index (χ3v) is 6.74. The quantitative estimate of drug-likeness (QED) is 0.833. The molecule has 2 aliphatic rings. The highest BCUT2D eigenvalue weighted by Crippen LogP contribution is 2.46. The van der Waals surface area contributed by atoms with Crippen molar-refractivity contribution in [3.8, 4) is 0 Å². The summed E-state index contributed by atoms with van der Waals surface area (Å²) in [4.78, 5) is 6.39. The van der Waals surface area contributed by atoms with Gasteiger partial charge in [-0.3, -0.25) is 4.90 Å². The number of aromatic nitrogens is 1. The Kier molecular flexibility index (Phi) is 4.48. The van der Waals surface area contributed by atoms with E-state index in [0.29, 0.717) is 12.0 Å². The smallest absolute Gasteiger partial charge is 0.0464 e. The van der Waals surface area contributed by atoms with Crippen LogP contribution in [0.1, 0.15) is 42.5 Å². The lowest BCUT2D eigenvalue weighted by Gasteiger charge is -2.47. The van der Waals surface area contributed by atoms with Gasteiger partial charge in [-0.05, 0) is 67.0 Å². The maximum atomic E-state index is 4.04. The zero-order chi connectivity index (χ0) is 16.7. The van der Waals surface area contributed by atoms with Gasteiger partial charge in [-0.2, -0.15) is 11.8 Å². The molecule has 1 saturated heterocycles. The zero-order valence-corrected chi connectivity index (χ0v) is 15.7. The molecule has 1 N–H and O–H groups in total. The van der Waals surface area contributed by atoms with Crippen LogP contribution < -0.4 is 0 Å². The summed E-state index contributed by atoms with van der Waals surface area (Å²) in [6.45, 7) is 8.85. The lowest BCUT2D eigenvalue weighted by Crippen LogP contribution is -2.50. The molecule has 1 aliphatic heterocycles. The van der Waals surface area contributed by atoms with Gasteiger partial charge in [0.05, 0.1) is 0 Å². The number of benzene rings is 1. The van der Waals surface area contributed by atoms with Gasteiger partial charge < -0.3 is 4.98 Å². The third-order valence-electron chi connectivity index (χ3n) is 5.94. The highest BCUT2D eigenvalue weighted by atomic mass is 32.2. The van der Waals surface area contributed by atoms with E-state index in [4.69, 9.17) is 0 Å². The van der Waals surface area contributed by atoms with Crippen LogP contribution in [0.2, 0.25) is 0 Å². The number of hydrogen-bond acceptors (Lipinski definition) is 2. The number of hydrogen-bond donors (Lipinski definition) is 1. The van der Waals surface area contributed by atoms with Gasteiger partial charge in [0.2, 0.25) is 0 Å². The monoisotopic (exact) mass is 340 g/mol. The maximum absolute atomic E-state index is 4.04. The number of aromatic amines is 1. The zero-order valence-electron chi connectivity index (χ0n) is 14.8. The molecule has 4 rings (SSSR count). The van der Waals surface area contributed by atoms with Gasteiger partial charge in [0.25, 0.3) is 0 Å². The number of nitrogens with one attached hydrogen (secondary N) is 1. The van der Waals surface area contributed by atoms with E-state index in [1.54, 1.807) is 5.56 Å². The first kappa shape index (κ1) is 16.3. The minimum Gasteiger partial charge on any atom is -0.355 e. The summed E-state index contributed by atoms with van der Waals surface area (Å²) in [6, 6.07) is 7.50. The second-order valence-electron chi connectivity index (χ2n) is 7.42. The van der Waals surface area contributed by atoms with Crippen LogP contribution in [0.15, 0.2) is 24.8 Å². The molecule has 0 radical (unpaired) electrons. The molecule has 0 spiro atoms. The highest BCUT2D eigenvalue weighted by Gasteiger charge is 2.40. The lowest BCUT2D eigenvalue weighted by atomic mass is 9.72. The van der Waals surface area contributed by atoms with Crippen LogP contribution in [-0.4, -0.2) is 41.0 Å². The van der Waals surface area contributed by atoms with E-state index < -0.39 is 0 Å². The molecule has 3 atom stereocenters. The maximum Gasteiger partial charge on any atom is 0.0464 e. The Hall–Kier alpha value is -1.19. The third kappa shape index (κ3) is 2.53. The highest BCUT2D eigenvalue weighted by molar-refractivity contribution is 7.98. The fourth-order valence-electron chi connectivity index (χ4n) is 5.09. The number of fused-ring (bicyclic) bond motifs is 2. The Morgan fingerprint density at radius 1 is 1.42 bits per heavy atom. The molecule has 1 aromatic carbocycles. The Labute approximate surface area is 149 Å². The normalized spacial score (nSPS) is 26.5. The Bertz CT molecular complexity index is 748. The molecule has 3 heteroatoms. The molecule has 128 valence electrons. The fraction of sp³-hybridized carbons (Fsp3) is 0.524. The molecule has 1 fully saturated rings. The molecular formula is C21H28N2S. The van der Waals surface area contributed by atoms with Crippen LogP contribution in [0, 0.1) is 5.92 Å². The molecule has 0 amide bonds. The van der Waals surface area contributed by atoms with E-state index in [1.165, 1.54) is 60.3 Å². The van der Waals surface area contributed by atoms with Gasteiger partial charge in [-0.1, -0.05) is 25.6 Å². The van der Waals surface area contributed by atoms with Gasteiger partial charge in [0.15, 0.2) is 0 Å². The molecule has 0 saturated carbocycles. The number of nitrogens with zero attached hydrogens (tertiary/aromatic N) is 1. The fourth-order valence-corrected chi connectivity index (χ4v) is 5.80. The van der Waals surface area contributed by atoms with Crippen molar-refractivity contribution in [3.05, 3.63) is 41.6 Å². The number of likely N-dealkylation sites (tertiary alicyclic amines) is 1. The summed E-state index contributed by atoms with van der Waals surface area (Å²) in [5, 5.41) is 1.50. The van der Waals surface area contributed by atoms with Crippen LogP contribution >= 0.6 is 11.8 Å². The van der Waals surface area contributed by atoms with Crippen molar-refractivity contribution >= 4 is 28.7 Å². The van der Waals surface area contributed by atoms with Crippen molar-refractivity contribution in [1.29, 1.82) is 0 Å². The summed E-state index contributed by atoms with van der Waals surface area (Å²) in [6.07, 6.45) is 8.02. The molecule has 1 aromatic heterocycles. The van der Waals surface area contributed by atoms with E-state index >= 15 is 0 Å². The molecule has 1 aliphatic carbocycles. The predicted molar refractivity (Wildman–Crippen MR) is 107 cm³/mol. The van der Waals surface area contributed by atoms with Crippen molar-refractivity contribution in [3.63, 3.8) is 0 Å². The van der Waals surface area contributed by atoms with Crippen molar-refractivity contribution in [2.45, 2.75) is 38.1 Å². The van der Waals surface area contributed by atoms with Gasteiger partial charge >= 0.3 is 0 Å². The average Bonchev–Trinajstić information content (AvgIpc) is 2.96. The van der Waals surface area contributed by atoms with E-state index in [1.807, 2.05) is 17.8 Å². The van der Waals surface area contributed by atoms with E-state index in [0.717, 1.165) is 5.92 Å². The Morgan fingerprint density at radius 2 is 2.29 bits per heavy atom. The standard InChI is InChI=1S/C21H28N2S/c1-4-9-23-12-14(13-24-3)10-16-15-7-6-8-19-21(15)17(11-20(16)23)18(5-2)22-19/h5-8,14,16,20,22H,2,4,9-13H2,1,3H3/t14-,16-,20-/m1/s1. The molecule has 0 unspecified atom stereocenters. The summed E-state index contributed by atoms with van der Waals surface area (Å²) in [5.74, 6) is 2.80. The molecule has 2 heterocycles.